The number of anilines is 1. The molecule has 3 aromatic rings. The van der Waals surface area contributed by atoms with Crippen molar-refractivity contribution in [3.8, 4) is 5.75 Å². The van der Waals surface area contributed by atoms with Crippen molar-refractivity contribution in [2.75, 3.05) is 24.6 Å². The number of ether oxygens (including phenoxy) is 1. The fourth-order valence-electron chi connectivity index (χ4n) is 6.94. The molecule has 0 spiro atoms. The zero-order valence-electron chi connectivity index (χ0n) is 22.7. The van der Waals surface area contributed by atoms with E-state index in [1.54, 1.807) is 12.4 Å². The van der Waals surface area contributed by atoms with Crippen LogP contribution in [0, 0.1) is 5.92 Å². The second kappa shape index (κ2) is 9.06. The Labute approximate surface area is 230 Å². The number of fused-ring (bicyclic) bond motifs is 2. The Kier molecular flexibility index (Phi) is 5.79. The van der Waals surface area contributed by atoms with E-state index < -0.39 is 17.6 Å². The first kappa shape index (κ1) is 25.6. The average molecular weight is 552 g/mol. The number of aryl methyl sites for hydroxylation is 1. The monoisotopic (exact) mass is 551 g/mol. The highest BCUT2D eigenvalue weighted by molar-refractivity contribution is 6.11. The number of hydrogen-bond donors (Lipinski definition) is 0. The molecule has 2 aromatic carbocycles. The van der Waals surface area contributed by atoms with Gasteiger partial charge < -0.3 is 14.2 Å². The molecule has 1 saturated carbocycles. The van der Waals surface area contributed by atoms with Gasteiger partial charge in [0.15, 0.2) is 0 Å². The molecule has 40 heavy (non-hydrogen) atoms. The number of halogens is 3. The Hall–Kier alpha value is -3.40. The molecular formula is C30H32F3N5O2. The summed E-state index contributed by atoms with van der Waals surface area (Å²) in [5, 5.41) is 8.43. The first-order valence-corrected chi connectivity index (χ1v) is 14.1. The standard InChI is InChI=1S/C30H32F3N5O2/c1-18-4-3-8-37(14-18)15-19-10-22-23(24(11-19)30(31,32)33)16-38(27(22)39)25-13-21(12-20-5-9-40-26(20)25)29(6-7-29)28-35-34-17-36(28)2/h10-13,17-18H,3-9,14-16H2,1-2H3/t18-/m0/s1. The molecule has 1 amide bonds. The number of alkyl halides is 3. The molecule has 7 nitrogen and oxygen atoms in total. The molecule has 4 heterocycles. The van der Waals surface area contributed by atoms with Gasteiger partial charge in [-0.2, -0.15) is 13.2 Å². The van der Waals surface area contributed by atoms with Crippen LogP contribution in [0.25, 0.3) is 0 Å². The zero-order valence-corrected chi connectivity index (χ0v) is 22.7. The van der Waals surface area contributed by atoms with E-state index in [1.165, 1.54) is 11.0 Å². The number of carbonyl (C=O) groups is 1. The van der Waals surface area contributed by atoms with E-state index in [9.17, 15) is 18.0 Å². The van der Waals surface area contributed by atoms with Crippen molar-refractivity contribution >= 4 is 11.6 Å². The van der Waals surface area contributed by atoms with Crippen LogP contribution in [0.5, 0.6) is 5.75 Å². The molecule has 0 bridgehead atoms. The maximum Gasteiger partial charge on any atom is 0.416 e. The molecule has 2 fully saturated rings. The molecule has 0 N–H and O–H groups in total. The normalized spacial score (nSPS) is 21.9. The Morgan fingerprint density at radius 3 is 2.70 bits per heavy atom. The minimum absolute atomic E-state index is 0.0415. The molecule has 1 atom stereocenters. The topological polar surface area (TPSA) is 63.5 Å². The predicted molar refractivity (Wildman–Crippen MR) is 142 cm³/mol. The number of rotatable bonds is 5. The SMILES string of the molecule is C[C@H]1CCCN(Cc2cc3c(c(C(F)(F)F)c2)CN(c2cc(C4(c5nncn5C)CC4)cc4c2OCC4)C3=O)C1. The van der Waals surface area contributed by atoms with Crippen LogP contribution in [-0.4, -0.2) is 45.3 Å². The van der Waals surface area contributed by atoms with E-state index >= 15 is 0 Å². The summed E-state index contributed by atoms with van der Waals surface area (Å²) in [5.41, 5.74) is 2.20. The summed E-state index contributed by atoms with van der Waals surface area (Å²) in [6.07, 6.45) is 1.75. The largest absolute Gasteiger partial charge is 0.491 e. The van der Waals surface area contributed by atoms with Crippen molar-refractivity contribution < 1.29 is 22.7 Å². The summed E-state index contributed by atoms with van der Waals surface area (Å²) in [6.45, 7) is 4.61. The average Bonchev–Trinajstić information content (AvgIpc) is 3.19. The van der Waals surface area contributed by atoms with Crippen LogP contribution in [0.2, 0.25) is 0 Å². The van der Waals surface area contributed by atoms with E-state index in [0.29, 0.717) is 42.5 Å². The molecule has 10 heteroatoms. The molecule has 1 aromatic heterocycles. The van der Waals surface area contributed by atoms with Gasteiger partial charge in [-0.25, -0.2) is 0 Å². The van der Waals surface area contributed by atoms with Gasteiger partial charge >= 0.3 is 6.18 Å². The van der Waals surface area contributed by atoms with Gasteiger partial charge in [0.1, 0.15) is 17.9 Å². The van der Waals surface area contributed by atoms with Crippen molar-refractivity contribution in [3.63, 3.8) is 0 Å². The van der Waals surface area contributed by atoms with Crippen molar-refractivity contribution in [1.29, 1.82) is 0 Å². The van der Waals surface area contributed by atoms with Crippen molar-refractivity contribution in [2.45, 2.75) is 63.7 Å². The number of likely N-dealkylation sites (tertiary alicyclic amines) is 1. The predicted octanol–water partition coefficient (Wildman–Crippen LogP) is 5.24. The Morgan fingerprint density at radius 2 is 2.00 bits per heavy atom. The molecule has 210 valence electrons. The lowest BCUT2D eigenvalue weighted by molar-refractivity contribution is -0.138. The second-order valence-corrected chi connectivity index (χ2v) is 12.0. The first-order chi connectivity index (χ1) is 19.1. The summed E-state index contributed by atoms with van der Waals surface area (Å²) in [4.78, 5) is 17.6. The van der Waals surface area contributed by atoms with Gasteiger partial charge in [-0.05, 0) is 78.6 Å². The lowest BCUT2D eigenvalue weighted by atomic mass is 9.91. The Morgan fingerprint density at radius 1 is 1.18 bits per heavy atom. The number of benzene rings is 2. The van der Waals surface area contributed by atoms with Gasteiger partial charge in [0.25, 0.3) is 5.91 Å². The van der Waals surface area contributed by atoms with Crippen LogP contribution >= 0.6 is 0 Å². The molecule has 4 aliphatic rings. The van der Waals surface area contributed by atoms with Crippen molar-refractivity contribution in [1.82, 2.24) is 19.7 Å². The van der Waals surface area contributed by atoms with Gasteiger partial charge in [0.05, 0.1) is 29.8 Å². The molecule has 3 aliphatic heterocycles. The van der Waals surface area contributed by atoms with Crippen LogP contribution in [0.15, 0.2) is 30.6 Å². The van der Waals surface area contributed by atoms with E-state index in [-0.39, 0.29) is 23.1 Å². The third-order valence-electron chi connectivity index (χ3n) is 9.05. The van der Waals surface area contributed by atoms with Gasteiger partial charge in [0.2, 0.25) is 0 Å². The number of nitrogens with zero attached hydrogens (tertiary/aromatic N) is 5. The molecule has 1 aliphatic carbocycles. The van der Waals surface area contributed by atoms with Gasteiger partial charge in [-0.1, -0.05) is 13.0 Å². The summed E-state index contributed by atoms with van der Waals surface area (Å²) < 4.78 is 51.0. The highest BCUT2D eigenvalue weighted by atomic mass is 19.4. The smallest absolute Gasteiger partial charge is 0.416 e. The van der Waals surface area contributed by atoms with Crippen LogP contribution in [0.4, 0.5) is 18.9 Å². The minimum atomic E-state index is -4.56. The number of aromatic nitrogens is 3. The lowest BCUT2D eigenvalue weighted by Crippen LogP contribution is -2.33. The summed E-state index contributed by atoms with van der Waals surface area (Å²) in [6, 6.07) is 6.97. The third-order valence-corrected chi connectivity index (χ3v) is 9.05. The summed E-state index contributed by atoms with van der Waals surface area (Å²) in [5.74, 6) is 1.54. The molecule has 0 radical (unpaired) electrons. The first-order valence-electron chi connectivity index (χ1n) is 14.1. The fraction of sp³-hybridized carbons (Fsp3) is 0.500. The maximum absolute atomic E-state index is 14.4. The number of amides is 1. The summed E-state index contributed by atoms with van der Waals surface area (Å²) in [7, 11) is 1.91. The van der Waals surface area contributed by atoms with Crippen LogP contribution in [0.1, 0.15) is 76.6 Å². The third kappa shape index (κ3) is 4.10. The number of hydrogen-bond acceptors (Lipinski definition) is 5. The van der Waals surface area contributed by atoms with Gasteiger partial charge in [-0.3, -0.25) is 9.69 Å². The van der Waals surface area contributed by atoms with E-state index in [0.717, 1.165) is 55.7 Å². The maximum atomic E-state index is 14.4. The van der Waals surface area contributed by atoms with E-state index in [2.05, 4.69) is 28.1 Å². The number of piperidine rings is 1. The molecular weight excluding hydrogens is 519 g/mol. The second-order valence-electron chi connectivity index (χ2n) is 12.0. The fourth-order valence-corrected chi connectivity index (χ4v) is 6.94. The quantitative estimate of drug-likeness (QED) is 0.434. The van der Waals surface area contributed by atoms with Crippen LogP contribution < -0.4 is 9.64 Å². The molecule has 0 unspecified atom stereocenters. The number of carbonyl (C=O) groups excluding carboxylic acids is 1. The van der Waals surface area contributed by atoms with Crippen molar-refractivity contribution in [2.24, 2.45) is 13.0 Å². The van der Waals surface area contributed by atoms with E-state index in [1.807, 2.05) is 17.7 Å². The molecule has 7 rings (SSSR count). The zero-order chi connectivity index (χ0) is 27.8. The van der Waals surface area contributed by atoms with Gasteiger partial charge in [0, 0.05) is 32.1 Å². The van der Waals surface area contributed by atoms with Crippen molar-refractivity contribution in [3.05, 3.63) is 69.8 Å². The molecule has 1 saturated heterocycles. The minimum Gasteiger partial charge on any atom is -0.491 e. The summed E-state index contributed by atoms with van der Waals surface area (Å²) >= 11 is 0. The van der Waals surface area contributed by atoms with Gasteiger partial charge in [-0.15, -0.1) is 10.2 Å². The Bertz CT molecular complexity index is 1510. The Balaban J connectivity index is 1.28. The highest BCUT2D eigenvalue weighted by Crippen LogP contribution is 2.55. The van der Waals surface area contributed by atoms with E-state index in [4.69, 9.17) is 4.74 Å². The lowest BCUT2D eigenvalue weighted by Gasteiger charge is -2.31. The van der Waals surface area contributed by atoms with Crippen LogP contribution in [0.3, 0.4) is 0 Å². The van der Waals surface area contributed by atoms with Crippen LogP contribution in [-0.2, 0) is 38.1 Å². The highest BCUT2D eigenvalue weighted by Gasteiger charge is 2.51.